The third-order valence-corrected chi connectivity index (χ3v) is 14.0. The summed E-state index contributed by atoms with van der Waals surface area (Å²) in [5, 5.41) is 51.4. The van der Waals surface area contributed by atoms with Crippen molar-refractivity contribution in [2.45, 2.75) is 0 Å². The number of nitriles is 4. The van der Waals surface area contributed by atoms with E-state index in [1.54, 1.807) is 12.4 Å². The molecule has 68 heavy (non-hydrogen) atoms. The standard InChI is InChI=1S/C58H24N10/c59-23-29-15-41-43-19-31(25-61)27-63-57(43)67-53(41)45(17-29)47-51-52(48-46-18-30(24-60)16-42-44-20-32(26-62)28-64-58(44)68(54(42)46)56(48)55(47)67)66-50-38-14-12-36(34-9-5-2-6-10-34)22-40(38)39-21-35(33-7-3-1-4-8-33)11-13-37(39)49(50)65-51/h1-22,27-28H. The van der Waals surface area contributed by atoms with Crippen LogP contribution in [-0.4, -0.2) is 28.7 Å². The summed E-state index contributed by atoms with van der Waals surface area (Å²) in [6.45, 7) is 0. The van der Waals surface area contributed by atoms with Crippen LogP contribution >= 0.6 is 0 Å². The lowest BCUT2D eigenvalue weighted by atomic mass is 9.93. The van der Waals surface area contributed by atoms with Gasteiger partial charge in [0.05, 0.1) is 67.5 Å². The summed E-state index contributed by atoms with van der Waals surface area (Å²) < 4.78 is 4.27. The van der Waals surface area contributed by atoms with E-state index >= 15 is 0 Å². The Labute approximate surface area is 382 Å². The predicted octanol–water partition coefficient (Wildman–Crippen LogP) is 13.0. The van der Waals surface area contributed by atoms with Crippen molar-refractivity contribution in [1.29, 1.82) is 21.0 Å². The molecular formula is C58H24N10. The van der Waals surface area contributed by atoms with E-state index in [1.165, 1.54) is 0 Å². The van der Waals surface area contributed by atoms with Crippen LogP contribution in [0.1, 0.15) is 22.3 Å². The first kappa shape index (κ1) is 36.1. The highest BCUT2D eigenvalue weighted by molar-refractivity contribution is 6.40. The fourth-order valence-electron chi connectivity index (χ4n) is 11.2. The van der Waals surface area contributed by atoms with Crippen molar-refractivity contribution in [2.75, 3.05) is 0 Å². The highest BCUT2D eigenvalue weighted by atomic mass is 15.0. The predicted molar refractivity (Wildman–Crippen MR) is 267 cm³/mol. The van der Waals surface area contributed by atoms with Gasteiger partial charge in [0.15, 0.2) is 0 Å². The molecule has 7 aromatic heterocycles. The molecule has 10 heteroatoms. The first-order valence-electron chi connectivity index (χ1n) is 21.9. The molecule has 7 heterocycles. The zero-order valence-corrected chi connectivity index (χ0v) is 35.3. The number of fused-ring (bicyclic) bond motifs is 22. The summed E-state index contributed by atoms with van der Waals surface area (Å²) in [6.07, 6.45) is 3.16. The lowest BCUT2D eigenvalue weighted by Crippen LogP contribution is -1.96. The molecule has 0 spiro atoms. The number of pyridine rings is 2. The summed E-state index contributed by atoms with van der Waals surface area (Å²) in [7, 11) is 0. The van der Waals surface area contributed by atoms with Gasteiger partial charge in [-0.3, -0.25) is 8.80 Å². The molecule has 0 saturated carbocycles. The number of hydrogen-bond acceptors (Lipinski definition) is 8. The van der Waals surface area contributed by atoms with Crippen molar-refractivity contribution in [3.8, 4) is 46.5 Å². The maximum absolute atomic E-state index is 10.6. The molecule has 0 atom stereocenters. The topological polar surface area (TPSA) is 156 Å². The van der Waals surface area contributed by atoms with E-state index in [-0.39, 0.29) is 0 Å². The monoisotopic (exact) mass is 860 g/mol. The van der Waals surface area contributed by atoms with Gasteiger partial charge >= 0.3 is 0 Å². The van der Waals surface area contributed by atoms with E-state index in [4.69, 9.17) is 19.9 Å². The highest BCUT2D eigenvalue weighted by Crippen LogP contribution is 2.50. The zero-order valence-electron chi connectivity index (χ0n) is 35.3. The van der Waals surface area contributed by atoms with Crippen molar-refractivity contribution < 1.29 is 0 Å². The van der Waals surface area contributed by atoms with Crippen LogP contribution in [0.25, 0.3) is 142 Å². The van der Waals surface area contributed by atoms with Crippen LogP contribution in [0.5, 0.6) is 0 Å². The number of aromatic nitrogens is 6. The Morgan fingerprint density at radius 3 is 1.13 bits per heavy atom. The molecule has 0 fully saturated rings. The summed E-state index contributed by atoms with van der Waals surface area (Å²) >= 11 is 0. The third kappa shape index (κ3) is 4.45. The lowest BCUT2D eigenvalue weighted by molar-refractivity contribution is 1.24. The zero-order chi connectivity index (χ0) is 45.1. The second-order valence-corrected chi connectivity index (χ2v) is 17.5. The number of benzene rings is 8. The SMILES string of the molecule is N#Cc1cnc2c(c1)c1cc(C#N)cc3c4c5nc6c7ccc(-c8ccccc8)cc7c7cc(-c8ccccc8)ccc7c6nc5c5c6cc(C#N)cc7c8cc(C#N)cnc8n(c76)c5c4n2c13. The summed E-state index contributed by atoms with van der Waals surface area (Å²) in [6, 6.07) is 54.4. The Morgan fingerprint density at radius 2 is 0.721 bits per heavy atom. The van der Waals surface area contributed by atoms with Gasteiger partial charge in [0.1, 0.15) is 34.5 Å². The van der Waals surface area contributed by atoms with E-state index in [0.29, 0.717) is 44.6 Å². The molecule has 0 unspecified atom stereocenters. The Bertz CT molecular complexity index is 4680. The molecule has 0 saturated heterocycles. The molecule has 15 rings (SSSR count). The van der Waals surface area contributed by atoms with Crippen molar-refractivity contribution >= 4 is 120 Å². The molecule has 0 aliphatic rings. The summed E-state index contributed by atoms with van der Waals surface area (Å²) in [5.74, 6) is 0. The van der Waals surface area contributed by atoms with Crippen LogP contribution in [-0.2, 0) is 0 Å². The van der Waals surface area contributed by atoms with Crippen molar-refractivity contribution in [1.82, 2.24) is 28.7 Å². The normalized spacial score (nSPS) is 12.1. The van der Waals surface area contributed by atoms with Gasteiger partial charge in [-0.15, -0.1) is 0 Å². The first-order chi connectivity index (χ1) is 33.5. The van der Waals surface area contributed by atoms with E-state index in [2.05, 4.69) is 118 Å². The molecule has 0 radical (unpaired) electrons. The largest absolute Gasteiger partial charge is 0.290 e. The molecule has 0 amide bonds. The van der Waals surface area contributed by atoms with Crippen molar-refractivity contribution in [2.24, 2.45) is 0 Å². The van der Waals surface area contributed by atoms with Crippen LogP contribution < -0.4 is 0 Å². The fraction of sp³-hybridized carbons (Fsp3) is 0. The molecule has 0 aliphatic heterocycles. The molecular weight excluding hydrogens is 837 g/mol. The van der Waals surface area contributed by atoms with E-state index in [0.717, 1.165) is 120 Å². The van der Waals surface area contributed by atoms with Gasteiger partial charge in [0.2, 0.25) is 0 Å². The summed E-state index contributed by atoms with van der Waals surface area (Å²) in [4.78, 5) is 21.5. The minimum absolute atomic E-state index is 0.403. The average Bonchev–Trinajstić information content (AvgIpc) is 4.13. The van der Waals surface area contributed by atoms with Gasteiger partial charge < -0.3 is 0 Å². The fourth-order valence-corrected chi connectivity index (χ4v) is 11.2. The molecule has 15 aromatic rings. The van der Waals surface area contributed by atoms with Crippen LogP contribution in [0, 0.1) is 45.3 Å². The maximum Gasteiger partial charge on any atom is 0.145 e. The molecule has 0 bridgehead atoms. The third-order valence-electron chi connectivity index (χ3n) is 14.0. The first-order valence-corrected chi connectivity index (χ1v) is 21.9. The van der Waals surface area contributed by atoms with Crippen LogP contribution in [0.4, 0.5) is 0 Å². The van der Waals surface area contributed by atoms with Gasteiger partial charge in [-0.05, 0) is 81.6 Å². The van der Waals surface area contributed by atoms with Crippen LogP contribution in [0.15, 0.2) is 146 Å². The lowest BCUT2D eigenvalue weighted by Gasteiger charge is -2.14. The molecule has 10 nitrogen and oxygen atoms in total. The van der Waals surface area contributed by atoms with E-state index in [9.17, 15) is 21.0 Å². The van der Waals surface area contributed by atoms with Gasteiger partial charge in [-0.2, -0.15) is 21.0 Å². The Morgan fingerprint density at radius 1 is 0.324 bits per heavy atom. The Hall–Kier alpha value is -10.3. The highest BCUT2D eigenvalue weighted by Gasteiger charge is 2.31. The smallest absolute Gasteiger partial charge is 0.145 e. The average molecular weight is 861 g/mol. The Balaban J connectivity index is 1.23. The van der Waals surface area contributed by atoms with Gasteiger partial charge in [0.25, 0.3) is 0 Å². The van der Waals surface area contributed by atoms with Crippen molar-refractivity contribution in [3.63, 3.8) is 0 Å². The molecule has 8 aromatic carbocycles. The van der Waals surface area contributed by atoms with Gasteiger partial charge in [0, 0.05) is 66.3 Å². The molecule has 0 aliphatic carbocycles. The Kier molecular flexibility index (Phi) is 6.75. The minimum Gasteiger partial charge on any atom is -0.290 e. The maximum atomic E-state index is 10.6. The van der Waals surface area contributed by atoms with Crippen LogP contribution in [0.3, 0.4) is 0 Å². The number of nitrogens with zero attached hydrogens (tertiary/aromatic N) is 10. The second kappa shape index (κ2) is 12.7. The summed E-state index contributed by atoms with van der Waals surface area (Å²) in [5.41, 5.74) is 13.2. The van der Waals surface area contributed by atoms with Gasteiger partial charge in [-0.25, -0.2) is 19.9 Å². The van der Waals surface area contributed by atoms with Gasteiger partial charge in [-0.1, -0.05) is 84.9 Å². The van der Waals surface area contributed by atoms with Crippen molar-refractivity contribution in [3.05, 3.63) is 168 Å². The van der Waals surface area contributed by atoms with Crippen LogP contribution in [0.2, 0.25) is 0 Å². The molecule has 306 valence electrons. The second-order valence-electron chi connectivity index (χ2n) is 17.5. The van der Waals surface area contributed by atoms with E-state index in [1.807, 2.05) is 48.5 Å². The van der Waals surface area contributed by atoms with E-state index < -0.39 is 0 Å². The minimum atomic E-state index is 0.403. The quantitative estimate of drug-likeness (QED) is 0.123. The number of hydrogen-bond donors (Lipinski definition) is 0. The number of rotatable bonds is 2. The molecule has 0 N–H and O–H groups in total.